The van der Waals surface area contributed by atoms with Crippen molar-refractivity contribution in [3.63, 3.8) is 0 Å². The van der Waals surface area contributed by atoms with Crippen LogP contribution in [0.4, 0.5) is 0 Å². The second kappa shape index (κ2) is 14.6. The van der Waals surface area contributed by atoms with Crippen molar-refractivity contribution in [1.29, 1.82) is 0 Å². The summed E-state index contributed by atoms with van der Waals surface area (Å²) in [4.78, 5) is 49.6. The van der Waals surface area contributed by atoms with Crippen molar-refractivity contribution >= 4 is 35.5 Å². The van der Waals surface area contributed by atoms with Gasteiger partial charge in [0.05, 0.1) is 12.2 Å². The van der Waals surface area contributed by atoms with Crippen molar-refractivity contribution in [3.05, 3.63) is 35.9 Å². The minimum absolute atomic E-state index is 0.0462. The SMILES string of the molecule is CSCCC(NC(=O)C(NC(=O)C(Cc1ccccc1)NC(=O)C(N)C(C)O)C(C)O)C(=O)O. The Hall–Kier alpha value is -2.67. The maximum Gasteiger partial charge on any atom is 0.326 e. The van der Waals surface area contributed by atoms with E-state index in [0.29, 0.717) is 11.3 Å². The third-order valence-electron chi connectivity index (χ3n) is 5.03. The van der Waals surface area contributed by atoms with Gasteiger partial charge in [0, 0.05) is 6.42 Å². The van der Waals surface area contributed by atoms with Crippen molar-refractivity contribution in [2.45, 2.75) is 63.1 Å². The van der Waals surface area contributed by atoms with Gasteiger partial charge < -0.3 is 37.0 Å². The summed E-state index contributed by atoms with van der Waals surface area (Å²) in [7, 11) is 0. The molecule has 1 aromatic carbocycles. The molecule has 12 heteroatoms. The topological polar surface area (TPSA) is 191 Å². The number of thioether (sulfide) groups is 1. The van der Waals surface area contributed by atoms with Crippen LogP contribution in [0.1, 0.15) is 25.8 Å². The first-order valence-corrected chi connectivity index (χ1v) is 12.2. The zero-order chi connectivity index (χ0) is 25.8. The lowest BCUT2D eigenvalue weighted by Crippen LogP contribution is -2.60. The van der Waals surface area contributed by atoms with Crippen LogP contribution in [-0.4, -0.2) is 87.4 Å². The Labute approximate surface area is 202 Å². The maximum absolute atomic E-state index is 13.0. The number of aliphatic hydroxyl groups excluding tert-OH is 2. The largest absolute Gasteiger partial charge is 0.480 e. The molecule has 6 unspecified atom stereocenters. The second-order valence-corrected chi connectivity index (χ2v) is 8.91. The smallest absolute Gasteiger partial charge is 0.326 e. The molecule has 3 amide bonds. The molecule has 0 aliphatic carbocycles. The van der Waals surface area contributed by atoms with E-state index in [1.165, 1.54) is 25.6 Å². The molecule has 190 valence electrons. The van der Waals surface area contributed by atoms with E-state index in [2.05, 4.69) is 16.0 Å². The average molecular weight is 499 g/mol. The highest BCUT2D eigenvalue weighted by Crippen LogP contribution is 2.07. The van der Waals surface area contributed by atoms with E-state index in [1.807, 2.05) is 0 Å². The Balaban J connectivity index is 3.04. The monoisotopic (exact) mass is 498 g/mol. The zero-order valence-electron chi connectivity index (χ0n) is 19.4. The van der Waals surface area contributed by atoms with Crippen LogP contribution in [0.15, 0.2) is 30.3 Å². The highest BCUT2D eigenvalue weighted by atomic mass is 32.2. The summed E-state index contributed by atoms with van der Waals surface area (Å²) < 4.78 is 0. The number of benzene rings is 1. The highest BCUT2D eigenvalue weighted by Gasteiger charge is 2.33. The fourth-order valence-corrected chi connectivity index (χ4v) is 3.43. The van der Waals surface area contributed by atoms with Crippen LogP contribution >= 0.6 is 11.8 Å². The Morgan fingerprint density at radius 1 is 0.912 bits per heavy atom. The molecule has 0 heterocycles. The Kier molecular flexibility index (Phi) is 12.6. The van der Waals surface area contributed by atoms with Crippen LogP contribution < -0.4 is 21.7 Å². The lowest BCUT2D eigenvalue weighted by molar-refractivity contribution is -0.143. The molecule has 1 aromatic rings. The molecule has 11 nitrogen and oxygen atoms in total. The summed E-state index contributed by atoms with van der Waals surface area (Å²) >= 11 is 1.41. The molecular weight excluding hydrogens is 464 g/mol. The quantitative estimate of drug-likeness (QED) is 0.162. The van der Waals surface area contributed by atoms with E-state index in [-0.39, 0.29) is 12.8 Å². The molecule has 0 spiro atoms. The number of nitrogens with one attached hydrogen (secondary N) is 3. The average Bonchev–Trinajstić information content (AvgIpc) is 2.78. The predicted molar refractivity (Wildman–Crippen MR) is 128 cm³/mol. The van der Waals surface area contributed by atoms with Crippen LogP contribution in [0, 0.1) is 0 Å². The van der Waals surface area contributed by atoms with Gasteiger partial charge in [0.2, 0.25) is 17.7 Å². The molecule has 0 bridgehead atoms. The third kappa shape index (κ3) is 9.67. The van der Waals surface area contributed by atoms with Gasteiger partial charge in [-0.3, -0.25) is 14.4 Å². The van der Waals surface area contributed by atoms with E-state index in [4.69, 9.17) is 5.73 Å². The first-order valence-electron chi connectivity index (χ1n) is 10.8. The van der Waals surface area contributed by atoms with Gasteiger partial charge >= 0.3 is 5.97 Å². The Bertz CT molecular complexity index is 823. The molecule has 34 heavy (non-hydrogen) atoms. The summed E-state index contributed by atoms with van der Waals surface area (Å²) in [6.07, 6.45) is -0.515. The standard InChI is InChI=1S/C22H34N4O7S/c1-12(27)17(23)20(30)25-16(11-14-7-5-4-6-8-14)19(29)26-18(13(2)28)21(31)24-15(22(32)33)9-10-34-3/h4-8,12-13,15-18,27-28H,9-11,23H2,1-3H3,(H,24,31)(H,25,30)(H,26,29)(H,32,33). The second-order valence-electron chi connectivity index (χ2n) is 7.93. The highest BCUT2D eigenvalue weighted by molar-refractivity contribution is 7.98. The van der Waals surface area contributed by atoms with Crippen LogP contribution in [0.25, 0.3) is 0 Å². The number of carbonyl (C=O) groups is 4. The summed E-state index contributed by atoms with van der Waals surface area (Å²) in [6.45, 7) is 2.61. The van der Waals surface area contributed by atoms with Crippen molar-refractivity contribution < 1.29 is 34.5 Å². The fourth-order valence-electron chi connectivity index (χ4n) is 2.96. The molecule has 1 rings (SSSR count). The number of hydrogen-bond acceptors (Lipinski definition) is 8. The van der Waals surface area contributed by atoms with Gasteiger partial charge in [-0.25, -0.2) is 4.79 Å². The van der Waals surface area contributed by atoms with Gasteiger partial charge in [-0.15, -0.1) is 0 Å². The van der Waals surface area contributed by atoms with Crippen molar-refractivity contribution in [2.24, 2.45) is 5.73 Å². The van der Waals surface area contributed by atoms with Crippen molar-refractivity contribution in [2.75, 3.05) is 12.0 Å². The van der Waals surface area contributed by atoms with Crippen LogP contribution in [0.5, 0.6) is 0 Å². The minimum Gasteiger partial charge on any atom is -0.480 e. The number of aliphatic hydroxyl groups is 2. The molecule has 0 fully saturated rings. The number of carboxylic acid groups (broad SMARTS) is 1. The molecule has 0 aliphatic rings. The summed E-state index contributed by atoms with van der Waals surface area (Å²) in [5, 5.41) is 36.2. The number of carbonyl (C=O) groups excluding carboxylic acids is 3. The molecular formula is C22H34N4O7S. The van der Waals surface area contributed by atoms with Gasteiger partial charge in [0.1, 0.15) is 24.2 Å². The molecule has 0 radical (unpaired) electrons. The van der Waals surface area contributed by atoms with E-state index in [0.717, 1.165) is 0 Å². The first-order chi connectivity index (χ1) is 16.0. The van der Waals surface area contributed by atoms with Crippen LogP contribution in [-0.2, 0) is 25.6 Å². The lowest BCUT2D eigenvalue weighted by Gasteiger charge is -2.27. The summed E-state index contributed by atoms with van der Waals surface area (Å²) in [5.74, 6) is -3.18. The van der Waals surface area contributed by atoms with E-state index in [9.17, 15) is 34.5 Å². The van der Waals surface area contributed by atoms with Gasteiger partial charge in [0.15, 0.2) is 0 Å². The summed E-state index contributed by atoms with van der Waals surface area (Å²) in [5.41, 5.74) is 6.37. The maximum atomic E-state index is 13.0. The molecule has 0 aliphatic heterocycles. The number of amides is 3. The van der Waals surface area contributed by atoms with Gasteiger partial charge in [-0.05, 0) is 37.8 Å². The summed E-state index contributed by atoms with van der Waals surface area (Å²) in [6, 6.07) is 3.64. The van der Waals surface area contributed by atoms with Gasteiger partial charge in [0.25, 0.3) is 0 Å². The number of rotatable bonds is 14. The molecule has 0 saturated carbocycles. The number of aliphatic carboxylic acids is 1. The number of hydrogen-bond donors (Lipinski definition) is 7. The number of nitrogens with two attached hydrogens (primary N) is 1. The van der Waals surface area contributed by atoms with E-state index >= 15 is 0 Å². The van der Waals surface area contributed by atoms with Crippen LogP contribution in [0.2, 0.25) is 0 Å². The van der Waals surface area contributed by atoms with E-state index < -0.39 is 60.1 Å². The minimum atomic E-state index is -1.47. The number of carboxylic acids is 1. The van der Waals surface area contributed by atoms with Gasteiger partial charge in [-0.1, -0.05) is 30.3 Å². The van der Waals surface area contributed by atoms with Gasteiger partial charge in [-0.2, -0.15) is 11.8 Å². The Morgan fingerprint density at radius 3 is 2.00 bits per heavy atom. The predicted octanol–water partition coefficient (Wildman–Crippen LogP) is -1.39. The van der Waals surface area contributed by atoms with E-state index in [1.54, 1.807) is 36.6 Å². The zero-order valence-corrected chi connectivity index (χ0v) is 20.2. The normalized spacial score (nSPS) is 16.3. The molecule has 6 atom stereocenters. The fraction of sp³-hybridized carbons (Fsp3) is 0.545. The molecule has 0 saturated heterocycles. The Morgan fingerprint density at radius 2 is 1.50 bits per heavy atom. The first kappa shape index (κ1) is 29.4. The molecule has 8 N–H and O–H groups in total. The molecule has 0 aromatic heterocycles. The lowest BCUT2D eigenvalue weighted by atomic mass is 10.0. The van der Waals surface area contributed by atoms with Crippen molar-refractivity contribution in [3.8, 4) is 0 Å². The van der Waals surface area contributed by atoms with Crippen LogP contribution in [0.3, 0.4) is 0 Å². The van der Waals surface area contributed by atoms with Crippen molar-refractivity contribution in [1.82, 2.24) is 16.0 Å². The third-order valence-corrected chi connectivity index (χ3v) is 5.67.